The van der Waals surface area contributed by atoms with E-state index in [1.165, 1.54) is 23.6 Å². The summed E-state index contributed by atoms with van der Waals surface area (Å²) in [5, 5.41) is 9.49. The largest absolute Gasteiger partial charge is 0.303 e. The lowest BCUT2D eigenvalue weighted by Gasteiger charge is -2.14. The van der Waals surface area contributed by atoms with Crippen molar-refractivity contribution in [3.8, 4) is 6.07 Å². The van der Waals surface area contributed by atoms with Crippen molar-refractivity contribution in [2.45, 2.75) is 0 Å². The second-order valence-electron chi connectivity index (χ2n) is 3.49. The summed E-state index contributed by atoms with van der Waals surface area (Å²) in [6.45, 7) is 0. The van der Waals surface area contributed by atoms with Gasteiger partial charge in [-0.2, -0.15) is 5.26 Å². The molecular formula is C12H8BrN3OS. The van der Waals surface area contributed by atoms with Crippen molar-refractivity contribution in [2.75, 3.05) is 11.9 Å². The summed E-state index contributed by atoms with van der Waals surface area (Å²) in [5.41, 5.74) is 0.758. The number of halogens is 1. The lowest BCUT2D eigenvalue weighted by molar-refractivity contribution is 0.0993. The molecule has 90 valence electrons. The van der Waals surface area contributed by atoms with Gasteiger partial charge in [-0.1, -0.05) is 0 Å². The molecule has 0 bridgehead atoms. The van der Waals surface area contributed by atoms with Crippen molar-refractivity contribution in [1.29, 1.82) is 5.26 Å². The molecule has 0 saturated heterocycles. The van der Waals surface area contributed by atoms with Crippen LogP contribution in [-0.2, 0) is 0 Å². The van der Waals surface area contributed by atoms with Gasteiger partial charge in [-0.05, 0) is 40.2 Å². The smallest absolute Gasteiger partial charge is 0.260 e. The van der Waals surface area contributed by atoms with Gasteiger partial charge in [-0.3, -0.25) is 4.79 Å². The molecule has 2 heterocycles. The van der Waals surface area contributed by atoms with Gasteiger partial charge in [0.1, 0.15) is 11.8 Å². The Labute approximate surface area is 117 Å². The Balaban J connectivity index is 2.23. The summed E-state index contributed by atoms with van der Waals surface area (Å²) in [6.07, 6.45) is 1.42. The topological polar surface area (TPSA) is 57.0 Å². The quantitative estimate of drug-likeness (QED) is 0.854. The molecule has 0 spiro atoms. The third kappa shape index (κ3) is 2.58. The molecule has 0 atom stereocenters. The number of amides is 1. The molecule has 0 unspecified atom stereocenters. The van der Waals surface area contributed by atoms with E-state index in [0.29, 0.717) is 11.3 Å². The number of rotatable bonds is 2. The van der Waals surface area contributed by atoms with Gasteiger partial charge in [0.15, 0.2) is 0 Å². The minimum Gasteiger partial charge on any atom is -0.303 e. The fraction of sp³-hybridized carbons (Fsp3) is 0.0833. The van der Waals surface area contributed by atoms with Gasteiger partial charge in [0.25, 0.3) is 5.91 Å². The summed E-state index contributed by atoms with van der Waals surface area (Å²) in [7, 11) is 1.71. The fourth-order valence-electron chi connectivity index (χ4n) is 1.37. The average molecular weight is 322 g/mol. The lowest BCUT2D eigenvalue weighted by Crippen LogP contribution is -2.25. The molecule has 2 aromatic rings. The number of carbonyl (C=O) groups excluding carboxylic acids is 1. The third-order valence-corrected chi connectivity index (χ3v) is 4.02. The molecular weight excluding hydrogens is 314 g/mol. The molecule has 6 heteroatoms. The summed E-state index contributed by atoms with van der Waals surface area (Å²) in [4.78, 5) is 17.6. The first-order valence-electron chi connectivity index (χ1n) is 5.01. The van der Waals surface area contributed by atoms with Crippen LogP contribution in [0, 0.1) is 11.3 Å². The number of hydrogen-bond acceptors (Lipinski definition) is 4. The van der Waals surface area contributed by atoms with Crippen LogP contribution < -0.4 is 4.90 Å². The molecule has 4 nitrogen and oxygen atoms in total. The molecule has 2 rings (SSSR count). The monoisotopic (exact) mass is 321 g/mol. The van der Waals surface area contributed by atoms with E-state index in [4.69, 9.17) is 5.26 Å². The predicted octanol–water partition coefficient (Wildman–Crippen LogP) is 3.05. The van der Waals surface area contributed by atoms with Gasteiger partial charge >= 0.3 is 0 Å². The van der Waals surface area contributed by atoms with Gasteiger partial charge in [0, 0.05) is 13.2 Å². The van der Waals surface area contributed by atoms with Crippen LogP contribution in [0.1, 0.15) is 16.1 Å². The molecule has 0 aliphatic carbocycles. The molecule has 0 aliphatic heterocycles. The van der Waals surface area contributed by atoms with Crippen LogP contribution in [0.2, 0.25) is 0 Å². The molecule has 0 radical (unpaired) electrons. The Kier molecular flexibility index (Phi) is 3.75. The van der Waals surface area contributed by atoms with Crippen LogP contribution >= 0.6 is 27.3 Å². The molecule has 18 heavy (non-hydrogen) atoms. The van der Waals surface area contributed by atoms with Gasteiger partial charge in [-0.15, -0.1) is 11.3 Å². The van der Waals surface area contributed by atoms with Crippen molar-refractivity contribution in [2.24, 2.45) is 0 Å². The highest BCUT2D eigenvalue weighted by Crippen LogP contribution is 2.29. The van der Waals surface area contributed by atoms with Crippen LogP contribution in [0.15, 0.2) is 34.2 Å². The maximum Gasteiger partial charge on any atom is 0.260 e. The highest BCUT2D eigenvalue weighted by molar-refractivity contribution is 9.11. The van der Waals surface area contributed by atoms with Crippen molar-refractivity contribution in [3.05, 3.63) is 45.5 Å². The Morgan fingerprint density at radius 2 is 2.22 bits per heavy atom. The Bertz CT molecular complexity index is 615. The molecule has 2 aromatic heterocycles. The maximum absolute atomic E-state index is 12.1. The number of aromatic nitrogens is 1. The normalized spacial score (nSPS) is 9.83. The first kappa shape index (κ1) is 12.7. The van der Waals surface area contributed by atoms with Crippen LogP contribution in [-0.4, -0.2) is 17.9 Å². The van der Waals surface area contributed by atoms with E-state index in [0.717, 1.165) is 8.79 Å². The number of carbonyl (C=O) groups is 1. The average Bonchev–Trinajstić information content (AvgIpc) is 2.84. The standard InChI is InChI=1S/C12H8BrN3OS/c1-16(11-5-4-10(13)18-11)12(17)8-2-3-9(6-14)15-7-8/h2-5,7H,1H3. The highest BCUT2D eigenvalue weighted by atomic mass is 79.9. The third-order valence-electron chi connectivity index (χ3n) is 2.32. The van der Waals surface area contributed by atoms with E-state index in [9.17, 15) is 4.79 Å². The van der Waals surface area contributed by atoms with Gasteiger partial charge < -0.3 is 4.90 Å². The first-order valence-corrected chi connectivity index (χ1v) is 6.62. The second kappa shape index (κ2) is 5.29. The molecule has 0 aromatic carbocycles. The lowest BCUT2D eigenvalue weighted by atomic mass is 10.2. The van der Waals surface area contributed by atoms with E-state index in [2.05, 4.69) is 20.9 Å². The zero-order chi connectivity index (χ0) is 13.1. The predicted molar refractivity (Wildman–Crippen MR) is 73.7 cm³/mol. The van der Waals surface area contributed by atoms with Crippen molar-refractivity contribution in [3.63, 3.8) is 0 Å². The van der Waals surface area contributed by atoms with Gasteiger partial charge in [0.2, 0.25) is 0 Å². The van der Waals surface area contributed by atoms with E-state index in [1.807, 2.05) is 18.2 Å². The fourth-order valence-corrected chi connectivity index (χ4v) is 2.69. The SMILES string of the molecule is CN(C(=O)c1ccc(C#N)nc1)c1ccc(Br)s1. The number of hydrogen-bond donors (Lipinski definition) is 0. The Hall–Kier alpha value is -1.71. The Morgan fingerprint density at radius 3 is 2.72 bits per heavy atom. The van der Waals surface area contributed by atoms with E-state index in [1.54, 1.807) is 18.0 Å². The van der Waals surface area contributed by atoms with Crippen molar-refractivity contribution >= 4 is 38.2 Å². The number of nitrogens with zero attached hydrogens (tertiary/aromatic N) is 3. The van der Waals surface area contributed by atoms with Crippen LogP contribution in [0.25, 0.3) is 0 Å². The van der Waals surface area contributed by atoms with Crippen molar-refractivity contribution in [1.82, 2.24) is 4.98 Å². The minimum absolute atomic E-state index is 0.152. The van der Waals surface area contributed by atoms with E-state index in [-0.39, 0.29) is 5.91 Å². The molecule has 0 fully saturated rings. The molecule has 0 aliphatic rings. The summed E-state index contributed by atoms with van der Waals surface area (Å²) in [6, 6.07) is 8.81. The minimum atomic E-state index is -0.152. The molecule has 0 N–H and O–H groups in total. The summed E-state index contributed by atoms with van der Waals surface area (Å²) < 4.78 is 0.968. The number of anilines is 1. The zero-order valence-corrected chi connectivity index (χ0v) is 11.8. The number of pyridine rings is 1. The second-order valence-corrected chi connectivity index (χ2v) is 5.93. The van der Waals surface area contributed by atoms with Crippen LogP contribution in [0.3, 0.4) is 0 Å². The first-order chi connectivity index (χ1) is 8.61. The highest BCUT2D eigenvalue weighted by Gasteiger charge is 2.15. The van der Waals surface area contributed by atoms with E-state index >= 15 is 0 Å². The van der Waals surface area contributed by atoms with Crippen molar-refractivity contribution < 1.29 is 4.79 Å². The molecule has 1 amide bonds. The van der Waals surface area contributed by atoms with Gasteiger partial charge in [0.05, 0.1) is 14.4 Å². The maximum atomic E-state index is 12.1. The number of thiophene rings is 1. The Morgan fingerprint density at radius 1 is 1.44 bits per heavy atom. The summed E-state index contributed by atoms with van der Waals surface area (Å²) >= 11 is 4.83. The molecule has 0 saturated carbocycles. The van der Waals surface area contributed by atoms with Crippen LogP contribution in [0.4, 0.5) is 5.00 Å². The van der Waals surface area contributed by atoms with E-state index < -0.39 is 0 Å². The van der Waals surface area contributed by atoms with Gasteiger partial charge in [-0.25, -0.2) is 4.98 Å². The van der Waals surface area contributed by atoms with Crippen LogP contribution in [0.5, 0.6) is 0 Å². The zero-order valence-electron chi connectivity index (χ0n) is 9.42. The number of nitriles is 1. The summed E-state index contributed by atoms with van der Waals surface area (Å²) in [5.74, 6) is -0.152.